The number of hydrogen-bond acceptors (Lipinski definition) is 5. The Morgan fingerprint density at radius 3 is 3.00 bits per heavy atom. The molecule has 0 amide bonds. The molecule has 1 aliphatic rings. The molecule has 0 bridgehead atoms. The molecule has 20 heavy (non-hydrogen) atoms. The SMILES string of the molecule is O=[N+]([O-])c1ccc2nc(NCC3CCOCC3)[nH]c2c1. The van der Waals surface area contributed by atoms with Gasteiger partial charge in [-0.05, 0) is 24.8 Å². The Balaban J connectivity index is 1.70. The monoisotopic (exact) mass is 276 g/mol. The molecule has 0 atom stereocenters. The highest BCUT2D eigenvalue weighted by Crippen LogP contribution is 2.21. The largest absolute Gasteiger partial charge is 0.381 e. The predicted molar refractivity (Wildman–Crippen MR) is 74.8 cm³/mol. The number of fused-ring (bicyclic) bond motifs is 1. The number of imidazole rings is 1. The number of ether oxygens (including phenoxy) is 1. The first-order chi connectivity index (χ1) is 9.72. The van der Waals surface area contributed by atoms with E-state index in [1.807, 2.05) is 0 Å². The van der Waals surface area contributed by atoms with Crippen LogP contribution in [0.15, 0.2) is 18.2 Å². The minimum Gasteiger partial charge on any atom is -0.381 e. The number of nitro groups is 1. The van der Waals surface area contributed by atoms with E-state index in [9.17, 15) is 10.1 Å². The summed E-state index contributed by atoms with van der Waals surface area (Å²) in [6.07, 6.45) is 2.11. The summed E-state index contributed by atoms with van der Waals surface area (Å²) in [5.74, 6) is 1.25. The molecule has 2 heterocycles. The van der Waals surface area contributed by atoms with Gasteiger partial charge >= 0.3 is 0 Å². The Kier molecular flexibility index (Phi) is 3.51. The molecule has 0 aliphatic carbocycles. The molecule has 1 aromatic carbocycles. The molecule has 0 saturated carbocycles. The lowest BCUT2D eigenvalue weighted by Gasteiger charge is -2.21. The molecule has 106 valence electrons. The smallest absolute Gasteiger partial charge is 0.271 e. The van der Waals surface area contributed by atoms with Gasteiger partial charge in [0, 0.05) is 31.9 Å². The van der Waals surface area contributed by atoms with E-state index in [1.54, 1.807) is 6.07 Å². The Hall–Kier alpha value is -2.15. The summed E-state index contributed by atoms with van der Waals surface area (Å²) in [4.78, 5) is 17.8. The van der Waals surface area contributed by atoms with Crippen molar-refractivity contribution in [2.45, 2.75) is 12.8 Å². The van der Waals surface area contributed by atoms with Gasteiger partial charge < -0.3 is 15.0 Å². The molecular formula is C13H16N4O3. The molecule has 7 nitrogen and oxygen atoms in total. The predicted octanol–water partition coefficient (Wildman–Crippen LogP) is 2.31. The molecule has 1 fully saturated rings. The standard InChI is InChI=1S/C13H16N4O3/c18-17(19)10-1-2-11-12(7-10)16-13(15-11)14-8-9-3-5-20-6-4-9/h1-2,7,9H,3-6,8H2,(H2,14,15,16). The van der Waals surface area contributed by atoms with Crippen LogP contribution in [0, 0.1) is 16.0 Å². The molecule has 2 N–H and O–H groups in total. The molecule has 0 unspecified atom stereocenters. The molecule has 0 radical (unpaired) electrons. The van der Waals surface area contributed by atoms with Crippen molar-refractivity contribution in [3.8, 4) is 0 Å². The summed E-state index contributed by atoms with van der Waals surface area (Å²) in [6.45, 7) is 2.47. The summed E-state index contributed by atoms with van der Waals surface area (Å²) >= 11 is 0. The van der Waals surface area contributed by atoms with E-state index in [0.29, 0.717) is 17.4 Å². The summed E-state index contributed by atoms with van der Waals surface area (Å²) in [5.41, 5.74) is 1.47. The summed E-state index contributed by atoms with van der Waals surface area (Å²) in [6, 6.07) is 4.62. The minimum absolute atomic E-state index is 0.0668. The van der Waals surface area contributed by atoms with Crippen LogP contribution in [0.4, 0.5) is 11.6 Å². The maximum absolute atomic E-state index is 10.7. The minimum atomic E-state index is -0.407. The second-order valence-corrected chi connectivity index (χ2v) is 4.98. The van der Waals surface area contributed by atoms with Crippen molar-refractivity contribution in [3.05, 3.63) is 28.3 Å². The van der Waals surface area contributed by atoms with E-state index in [2.05, 4.69) is 15.3 Å². The van der Waals surface area contributed by atoms with E-state index in [-0.39, 0.29) is 5.69 Å². The van der Waals surface area contributed by atoms with Crippen LogP contribution < -0.4 is 5.32 Å². The van der Waals surface area contributed by atoms with Crippen LogP contribution >= 0.6 is 0 Å². The number of aromatic nitrogens is 2. The number of nitrogens with zero attached hydrogens (tertiary/aromatic N) is 2. The van der Waals surface area contributed by atoms with Crippen molar-refractivity contribution >= 4 is 22.7 Å². The maximum atomic E-state index is 10.7. The van der Waals surface area contributed by atoms with E-state index in [4.69, 9.17) is 4.74 Å². The number of benzene rings is 1. The lowest BCUT2D eigenvalue weighted by molar-refractivity contribution is -0.384. The number of nitro benzene ring substituents is 1. The molecular weight excluding hydrogens is 260 g/mol. The average Bonchev–Trinajstić information content (AvgIpc) is 2.88. The van der Waals surface area contributed by atoms with Gasteiger partial charge in [-0.1, -0.05) is 0 Å². The summed E-state index contributed by atoms with van der Waals surface area (Å²) in [7, 11) is 0. The Morgan fingerprint density at radius 2 is 2.25 bits per heavy atom. The number of nitrogens with one attached hydrogen (secondary N) is 2. The third-order valence-electron chi connectivity index (χ3n) is 3.58. The zero-order valence-corrected chi connectivity index (χ0v) is 11.0. The fourth-order valence-electron chi connectivity index (χ4n) is 2.39. The molecule has 1 aromatic heterocycles. The molecule has 1 aliphatic heterocycles. The number of rotatable bonds is 4. The van der Waals surface area contributed by atoms with Gasteiger partial charge in [-0.25, -0.2) is 4.98 Å². The first kappa shape index (κ1) is 12.9. The first-order valence-corrected chi connectivity index (χ1v) is 6.68. The normalized spacial score (nSPS) is 16.4. The third kappa shape index (κ3) is 2.72. The number of aromatic amines is 1. The first-order valence-electron chi connectivity index (χ1n) is 6.68. The van der Waals surface area contributed by atoms with Crippen LogP contribution in [-0.4, -0.2) is 34.6 Å². The van der Waals surface area contributed by atoms with Gasteiger partial charge in [0.1, 0.15) is 0 Å². The summed E-state index contributed by atoms with van der Waals surface area (Å²) < 4.78 is 5.32. The van der Waals surface area contributed by atoms with Crippen molar-refractivity contribution in [2.24, 2.45) is 5.92 Å². The van der Waals surface area contributed by atoms with E-state index >= 15 is 0 Å². The Bertz CT molecular complexity index is 619. The van der Waals surface area contributed by atoms with Crippen LogP contribution in [0.2, 0.25) is 0 Å². The molecule has 2 aromatic rings. The second-order valence-electron chi connectivity index (χ2n) is 4.98. The quantitative estimate of drug-likeness (QED) is 0.660. The van der Waals surface area contributed by atoms with Gasteiger partial charge in [0.05, 0.1) is 16.0 Å². The highest BCUT2D eigenvalue weighted by Gasteiger charge is 2.14. The van der Waals surface area contributed by atoms with Crippen molar-refractivity contribution < 1.29 is 9.66 Å². The number of hydrogen-bond donors (Lipinski definition) is 2. The van der Waals surface area contributed by atoms with Crippen molar-refractivity contribution in [1.29, 1.82) is 0 Å². The van der Waals surface area contributed by atoms with Gasteiger partial charge in [0.15, 0.2) is 0 Å². The molecule has 7 heteroatoms. The third-order valence-corrected chi connectivity index (χ3v) is 3.58. The topological polar surface area (TPSA) is 93.1 Å². The van der Waals surface area contributed by atoms with Gasteiger partial charge in [0.2, 0.25) is 5.95 Å². The number of anilines is 1. The molecule has 3 rings (SSSR count). The van der Waals surface area contributed by atoms with Crippen molar-refractivity contribution in [2.75, 3.05) is 25.1 Å². The highest BCUT2D eigenvalue weighted by molar-refractivity contribution is 5.79. The Labute approximate surface area is 115 Å². The van der Waals surface area contributed by atoms with Crippen LogP contribution in [-0.2, 0) is 4.74 Å². The van der Waals surface area contributed by atoms with Gasteiger partial charge in [0.25, 0.3) is 5.69 Å². The fourth-order valence-corrected chi connectivity index (χ4v) is 2.39. The zero-order valence-electron chi connectivity index (χ0n) is 11.0. The summed E-state index contributed by atoms with van der Waals surface area (Å²) in [5, 5.41) is 14.0. The average molecular weight is 276 g/mol. The van der Waals surface area contributed by atoms with Crippen LogP contribution in [0.25, 0.3) is 11.0 Å². The van der Waals surface area contributed by atoms with Crippen molar-refractivity contribution in [3.63, 3.8) is 0 Å². The van der Waals surface area contributed by atoms with E-state index in [1.165, 1.54) is 12.1 Å². The van der Waals surface area contributed by atoms with Gasteiger partial charge in [-0.3, -0.25) is 10.1 Å². The zero-order chi connectivity index (χ0) is 13.9. The van der Waals surface area contributed by atoms with E-state index in [0.717, 1.165) is 38.1 Å². The van der Waals surface area contributed by atoms with Crippen molar-refractivity contribution in [1.82, 2.24) is 9.97 Å². The van der Waals surface area contributed by atoms with Crippen LogP contribution in [0.1, 0.15) is 12.8 Å². The van der Waals surface area contributed by atoms with E-state index < -0.39 is 4.92 Å². The molecule has 1 saturated heterocycles. The van der Waals surface area contributed by atoms with Gasteiger partial charge in [-0.2, -0.15) is 0 Å². The fraction of sp³-hybridized carbons (Fsp3) is 0.462. The van der Waals surface area contributed by atoms with Crippen LogP contribution in [0.5, 0.6) is 0 Å². The van der Waals surface area contributed by atoms with Crippen LogP contribution in [0.3, 0.4) is 0 Å². The van der Waals surface area contributed by atoms with Gasteiger partial charge in [-0.15, -0.1) is 0 Å². The number of H-pyrrole nitrogens is 1. The Morgan fingerprint density at radius 1 is 1.45 bits per heavy atom. The highest BCUT2D eigenvalue weighted by atomic mass is 16.6. The lowest BCUT2D eigenvalue weighted by Crippen LogP contribution is -2.22. The second kappa shape index (κ2) is 5.46. The molecule has 0 spiro atoms. The maximum Gasteiger partial charge on any atom is 0.271 e. The lowest BCUT2D eigenvalue weighted by atomic mass is 10.0. The number of non-ortho nitro benzene ring substituents is 1.